The molecule has 0 bridgehead atoms. The first-order valence-electron chi connectivity index (χ1n) is 9.97. The van der Waals surface area contributed by atoms with Crippen LogP contribution in [-0.2, 0) is 23.8 Å². The van der Waals surface area contributed by atoms with Crippen molar-refractivity contribution in [1.82, 2.24) is 0 Å². The van der Waals surface area contributed by atoms with Gasteiger partial charge in [-0.25, -0.2) is 4.79 Å². The Labute approximate surface area is 162 Å². The van der Waals surface area contributed by atoms with Gasteiger partial charge in [-0.1, -0.05) is 25.5 Å². The van der Waals surface area contributed by atoms with Gasteiger partial charge >= 0.3 is 11.9 Å². The van der Waals surface area contributed by atoms with Crippen LogP contribution in [0.15, 0.2) is 23.8 Å². The molecule has 0 spiro atoms. The van der Waals surface area contributed by atoms with Crippen molar-refractivity contribution >= 4 is 11.9 Å². The molecular formula is C22H32O5. The number of hydrogen-bond acceptors (Lipinski definition) is 5. The van der Waals surface area contributed by atoms with Crippen LogP contribution in [0.3, 0.4) is 0 Å². The summed E-state index contributed by atoms with van der Waals surface area (Å²) < 4.78 is 15.5. The lowest BCUT2D eigenvalue weighted by atomic mass is 9.46. The minimum absolute atomic E-state index is 0.000248. The van der Waals surface area contributed by atoms with Gasteiger partial charge in [0.2, 0.25) is 6.29 Å². The second kappa shape index (κ2) is 7.42. The fourth-order valence-corrected chi connectivity index (χ4v) is 6.01. The first-order valence-corrected chi connectivity index (χ1v) is 9.97. The molecule has 2 fully saturated rings. The molecule has 1 aliphatic heterocycles. The van der Waals surface area contributed by atoms with Crippen molar-refractivity contribution in [2.45, 2.75) is 65.1 Å². The Morgan fingerprint density at radius 2 is 2.07 bits per heavy atom. The number of allylic oxidation sites excluding steroid dienone is 1. The van der Waals surface area contributed by atoms with E-state index >= 15 is 0 Å². The predicted octanol–water partition coefficient (Wildman–Crippen LogP) is 4.17. The van der Waals surface area contributed by atoms with Gasteiger partial charge in [0, 0.05) is 12.7 Å². The van der Waals surface area contributed by atoms with Gasteiger partial charge in [-0.2, -0.15) is 0 Å². The summed E-state index contributed by atoms with van der Waals surface area (Å²) in [5.41, 5.74) is 1.50. The normalized spacial score (nSPS) is 38.8. The molecule has 27 heavy (non-hydrogen) atoms. The molecule has 2 aliphatic carbocycles. The number of esters is 2. The van der Waals surface area contributed by atoms with Crippen molar-refractivity contribution in [1.29, 1.82) is 0 Å². The average Bonchev–Trinajstić information content (AvgIpc) is 3.00. The summed E-state index contributed by atoms with van der Waals surface area (Å²) in [5, 5.41) is 0. The fourth-order valence-electron chi connectivity index (χ4n) is 6.01. The number of cyclic esters (lactones) is 1. The zero-order valence-electron chi connectivity index (χ0n) is 17.0. The average molecular weight is 376 g/mol. The molecule has 0 aromatic rings. The van der Waals surface area contributed by atoms with E-state index in [1.54, 1.807) is 6.08 Å². The molecule has 1 unspecified atom stereocenters. The molecule has 5 nitrogen and oxygen atoms in total. The van der Waals surface area contributed by atoms with Crippen molar-refractivity contribution in [3.8, 4) is 0 Å². The largest absolute Gasteiger partial charge is 0.469 e. The Hall–Kier alpha value is -1.62. The van der Waals surface area contributed by atoms with Crippen LogP contribution in [0.1, 0.15) is 58.8 Å². The Morgan fingerprint density at radius 3 is 2.70 bits per heavy atom. The highest BCUT2D eigenvalue weighted by Crippen LogP contribution is 2.62. The van der Waals surface area contributed by atoms with E-state index in [1.807, 2.05) is 0 Å². The molecule has 0 amide bonds. The third-order valence-corrected chi connectivity index (χ3v) is 7.43. The van der Waals surface area contributed by atoms with Crippen LogP contribution in [0.5, 0.6) is 0 Å². The number of ether oxygens (including phenoxy) is 3. The summed E-state index contributed by atoms with van der Waals surface area (Å²) in [6.07, 6.45) is 7.59. The second-order valence-corrected chi connectivity index (χ2v) is 8.81. The van der Waals surface area contributed by atoms with E-state index in [4.69, 9.17) is 14.2 Å². The highest BCUT2D eigenvalue weighted by molar-refractivity contribution is 5.90. The molecule has 0 aromatic carbocycles. The molecule has 0 saturated heterocycles. The van der Waals surface area contributed by atoms with E-state index in [0.29, 0.717) is 12.0 Å². The smallest absolute Gasteiger partial charge is 0.336 e. The number of carbonyl (C=O) groups excluding carboxylic acids is 2. The molecule has 1 heterocycles. The molecule has 5 heteroatoms. The Kier molecular flexibility index (Phi) is 5.53. The number of methoxy groups -OCH3 is 2. The maximum atomic E-state index is 12.6. The van der Waals surface area contributed by atoms with Gasteiger partial charge in [-0.05, 0) is 68.8 Å². The first-order chi connectivity index (χ1) is 12.8. The molecule has 3 rings (SSSR count). The van der Waals surface area contributed by atoms with Crippen LogP contribution in [0, 0.1) is 22.7 Å². The van der Waals surface area contributed by atoms with Gasteiger partial charge in [0.15, 0.2) is 0 Å². The summed E-state index contributed by atoms with van der Waals surface area (Å²) in [7, 11) is 3.02. The van der Waals surface area contributed by atoms with Crippen molar-refractivity contribution in [3.05, 3.63) is 23.8 Å². The summed E-state index contributed by atoms with van der Waals surface area (Å²) in [6, 6.07) is 0. The molecule has 5 atom stereocenters. The van der Waals surface area contributed by atoms with Crippen molar-refractivity contribution in [3.63, 3.8) is 0 Å². The van der Waals surface area contributed by atoms with Crippen LogP contribution in [0.4, 0.5) is 0 Å². The van der Waals surface area contributed by atoms with Gasteiger partial charge in [0.1, 0.15) is 0 Å². The number of hydrogen-bond donors (Lipinski definition) is 0. The highest BCUT2D eigenvalue weighted by Gasteiger charge is 2.57. The van der Waals surface area contributed by atoms with E-state index in [0.717, 1.165) is 38.5 Å². The van der Waals surface area contributed by atoms with E-state index in [1.165, 1.54) is 19.8 Å². The van der Waals surface area contributed by atoms with Crippen LogP contribution in [0.25, 0.3) is 0 Å². The number of rotatable bonds is 5. The summed E-state index contributed by atoms with van der Waals surface area (Å²) in [4.78, 5) is 24.7. The van der Waals surface area contributed by atoms with Gasteiger partial charge in [0.05, 0.1) is 12.5 Å². The highest BCUT2D eigenvalue weighted by atomic mass is 16.7. The maximum absolute atomic E-state index is 12.6. The molecule has 0 N–H and O–H groups in total. The molecule has 0 aromatic heterocycles. The monoisotopic (exact) mass is 376 g/mol. The standard InChI is InChI=1S/C22H32O5/c1-14-7-10-17-21(2,11-6-12-22(17,3)20(24)26-5)16(14)9-8-15-13-18(25-4)27-19(15)23/h13,16-18H,1,6-12H2,2-5H3/t16-,17-,18?,21+,22+/m1/s1. The third kappa shape index (κ3) is 3.35. The van der Waals surface area contributed by atoms with Crippen LogP contribution >= 0.6 is 0 Å². The second-order valence-electron chi connectivity index (χ2n) is 8.81. The fraction of sp³-hybridized carbons (Fsp3) is 0.727. The first kappa shape index (κ1) is 20.1. The predicted molar refractivity (Wildman–Crippen MR) is 102 cm³/mol. The molecule has 2 saturated carbocycles. The summed E-state index contributed by atoms with van der Waals surface area (Å²) in [5.74, 6) is 0.191. The van der Waals surface area contributed by atoms with E-state index in [2.05, 4.69) is 20.4 Å². The summed E-state index contributed by atoms with van der Waals surface area (Å²) in [6.45, 7) is 8.75. The van der Waals surface area contributed by atoms with Crippen LogP contribution < -0.4 is 0 Å². The minimum Gasteiger partial charge on any atom is -0.469 e. The van der Waals surface area contributed by atoms with E-state index in [-0.39, 0.29) is 29.2 Å². The molecule has 0 radical (unpaired) electrons. The van der Waals surface area contributed by atoms with Gasteiger partial charge < -0.3 is 14.2 Å². The van der Waals surface area contributed by atoms with Crippen molar-refractivity contribution < 1.29 is 23.8 Å². The minimum atomic E-state index is -0.567. The lowest BCUT2D eigenvalue weighted by Gasteiger charge is -2.57. The SMILES string of the molecule is C=C1CC[C@@H]2[C@@](C)(CCC[C@]2(C)C(=O)OC)[C@@H]1CCC1=CC(OC)OC1=O. The number of fused-ring (bicyclic) bond motifs is 1. The maximum Gasteiger partial charge on any atom is 0.336 e. The molecule has 3 aliphatic rings. The van der Waals surface area contributed by atoms with Crippen LogP contribution in [0.2, 0.25) is 0 Å². The Bertz CT molecular complexity index is 666. The Morgan fingerprint density at radius 1 is 1.33 bits per heavy atom. The number of carbonyl (C=O) groups is 2. The summed E-state index contributed by atoms with van der Waals surface area (Å²) >= 11 is 0. The molecular weight excluding hydrogens is 344 g/mol. The lowest BCUT2D eigenvalue weighted by molar-refractivity contribution is -0.168. The molecule has 150 valence electrons. The van der Waals surface area contributed by atoms with Gasteiger partial charge in [0.25, 0.3) is 0 Å². The lowest BCUT2D eigenvalue weighted by Crippen LogP contribution is -2.53. The third-order valence-electron chi connectivity index (χ3n) is 7.43. The van der Waals surface area contributed by atoms with Crippen molar-refractivity contribution in [2.24, 2.45) is 22.7 Å². The van der Waals surface area contributed by atoms with Gasteiger partial charge in [-0.3, -0.25) is 4.79 Å². The zero-order valence-corrected chi connectivity index (χ0v) is 17.0. The van der Waals surface area contributed by atoms with E-state index < -0.39 is 11.7 Å². The Balaban J connectivity index is 1.81. The van der Waals surface area contributed by atoms with Crippen LogP contribution in [-0.4, -0.2) is 32.4 Å². The zero-order chi connectivity index (χ0) is 19.8. The van der Waals surface area contributed by atoms with Crippen molar-refractivity contribution in [2.75, 3.05) is 14.2 Å². The topological polar surface area (TPSA) is 61.8 Å². The van der Waals surface area contributed by atoms with E-state index in [9.17, 15) is 9.59 Å². The van der Waals surface area contributed by atoms with Gasteiger partial charge in [-0.15, -0.1) is 0 Å². The quantitative estimate of drug-likeness (QED) is 0.532.